The molecule has 0 radical (unpaired) electrons. The van der Waals surface area contributed by atoms with Gasteiger partial charge >= 0.3 is 0 Å². The highest BCUT2D eigenvalue weighted by Crippen LogP contribution is 2.23. The maximum absolute atomic E-state index is 13.8. The largest absolute Gasteiger partial charge is 0.339 e. The summed E-state index contributed by atoms with van der Waals surface area (Å²) in [6.07, 6.45) is 1.16. The van der Waals surface area contributed by atoms with Gasteiger partial charge in [-0.25, -0.2) is 4.39 Å². The highest BCUT2D eigenvalue weighted by atomic mass is 19.1. The molecule has 2 amide bonds. The average Bonchev–Trinajstić information content (AvgIpc) is 2.68. The molecule has 0 spiro atoms. The third-order valence-electron chi connectivity index (χ3n) is 5.10. The molecule has 27 heavy (non-hydrogen) atoms. The lowest BCUT2D eigenvalue weighted by molar-refractivity contribution is -0.121. The molecule has 0 saturated carbocycles. The fraction of sp³-hybridized carbons (Fsp3) is 0.364. The second-order valence-corrected chi connectivity index (χ2v) is 7.31. The highest BCUT2D eigenvalue weighted by Gasteiger charge is 2.28. The number of carbonyl (C=O) groups is 2. The molecule has 1 fully saturated rings. The first kappa shape index (κ1) is 19.1. The van der Waals surface area contributed by atoms with E-state index in [9.17, 15) is 14.0 Å². The van der Waals surface area contributed by atoms with Crippen LogP contribution in [0.3, 0.4) is 0 Å². The van der Waals surface area contributed by atoms with Gasteiger partial charge in [-0.2, -0.15) is 0 Å². The predicted molar refractivity (Wildman–Crippen MR) is 104 cm³/mol. The lowest BCUT2D eigenvalue weighted by Gasteiger charge is -2.31. The van der Waals surface area contributed by atoms with Gasteiger partial charge in [-0.05, 0) is 48.6 Å². The highest BCUT2D eigenvalue weighted by molar-refractivity contribution is 5.95. The van der Waals surface area contributed by atoms with E-state index in [0.717, 1.165) is 5.69 Å². The number of hydrogen-bond acceptors (Lipinski definition) is 2. The van der Waals surface area contributed by atoms with Gasteiger partial charge in [0.2, 0.25) is 5.91 Å². The van der Waals surface area contributed by atoms with Crippen LogP contribution in [0.4, 0.5) is 10.1 Å². The fourth-order valence-electron chi connectivity index (χ4n) is 3.35. The third kappa shape index (κ3) is 4.54. The fourth-order valence-corrected chi connectivity index (χ4v) is 3.35. The van der Waals surface area contributed by atoms with Crippen LogP contribution in [0.5, 0.6) is 0 Å². The average molecular weight is 368 g/mol. The Morgan fingerprint density at radius 1 is 1.04 bits per heavy atom. The zero-order valence-electron chi connectivity index (χ0n) is 15.7. The van der Waals surface area contributed by atoms with Gasteiger partial charge in [0.05, 0.1) is 5.56 Å². The third-order valence-corrected chi connectivity index (χ3v) is 5.10. The zero-order chi connectivity index (χ0) is 19.4. The number of halogens is 1. The molecule has 0 aliphatic carbocycles. The smallest absolute Gasteiger partial charge is 0.256 e. The minimum absolute atomic E-state index is 0.0229. The predicted octanol–water partition coefficient (Wildman–Crippen LogP) is 4.44. The van der Waals surface area contributed by atoms with Gasteiger partial charge in [0.1, 0.15) is 5.82 Å². The van der Waals surface area contributed by atoms with Crippen molar-refractivity contribution in [3.63, 3.8) is 0 Å². The molecule has 0 bridgehead atoms. The number of benzene rings is 2. The lowest BCUT2D eigenvalue weighted by atomic mass is 9.95. The maximum Gasteiger partial charge on any atom is 0.256 e. The summed E-state index contributed by atoms with van der Waals surface area (Å²) in [5.74, 6) is -0.528. The molecule has 0 aromatic heterocycles. The second-order valence-electron chi connectivity index (χ2n) is 7.31. The Kier molecular flexibility index (Phi) is 5.89. The lowest BCUT2D eigenvalue weighted by Crippen LogP contribution is -2.41. The number of nitrogens with one attached hydrogen (secondary N) is 1. The second kappa shape index (κ2) is 8.33. The van der Waals surface area contributed by atoms with Crippen LogP contribution < -0.4 is 5.32 Å². The standard InChI is InChI=1S/C22H25FN2O2/c1-15(2)16-7-9-18(10-8-16)24-21(26)17-11-13-25(14-12-17)22(27)19-5-3-4-6-20(19)23/h3-10,15,17H,11-14H2,1-2H3,(H,24,26). The molecule has 2 aromatic rings. The van der Waals surface area contributed by atoms with Gasteiger partial charge in [0.15, 0.2) is 0 Å². The first-order valence-corrected chi connectivity index (χ1v) is 9.40. The Hall–Kier alpha value is -2.69. The minimum Gasteiger partial charge on any atom is -0.339 e. The van der Waals surface area contributed by atoms with Crippen LogP contribution in [0.15, 0.2) is 48.5 Å². The molecule has 1 heterocycles. The quantitative estimate of drug-likeness (QED) is 0.867. The van der Waals surface area contributed by atoms with Gasteiger partial charge in [0, 0.05) is 24.7 Å². The molecular formula is C22H25FN2O2. The van der Waals surface area contributed by atoms with Crippen LogP contribution in [-0.4, -0.2) is 29.8 Å². The van der Waals surface area contributed by atoms with Crippen LogP contribution >= 0.6 is 0 Å². The van der Waals surface area contributed by atoms with Crippen molar-refractivity contribution in [1.29, 1.82) is 0 Å². The van der Waals surface area contributed by atoms with Crippen LogP contribution in [0.2, 0.25) is 0 Å². The van der Waals surface area contributed by atoms with E-state index in [0.29, 0.717) is 31.8 Å². The monoisotopic (exact) mass is 368 g/mol. The molecular weight excluding hydrogens is 343 g/mol. The van der Waals surface area contributed by atoms with E-state index in [-0.39, 0.29) is 23.3 Å². The van der Waals surface area contributed by atoms with Crippen LogP contribution in [0.25, 0.3) is 0 Å². The summed E-state index contributed by atoms with van der Waals surface area (Å²) < 4.78 is 13.8. The van der Waals surface area contributed by atoms with Crippen molar-refractivity contribution in [1.82, 2.24) is 4.90 Å². The van der Waals surface area contributed by atoms with E-state index in [1.165, 1.54) is 17.7 Å². The summed E-state index contributed by atoms with van der Waals surface area (Å²) in [7, 11) is 0. The molecule has 1 aliphatic rings. The normalized spacial score (nSPS) is 15.0. The van der Waals surface area contributed by atoms with Crippen molar-refractivity contribution in [3.05, 3.63) is 65.5 Å². The summed E-state index contributed by atoms with van der Waals surface area (Å²) in [5.41, 5.74) is 2.10. The Morgan fingerprint density at radius 3 is 2.26 bits per heavy atom. The molecule has 0 unspecified atom stereocenters. The van der Waals surface area contributed by atoms with Gasteiger partial charge < -0.3 is 10.2 Å². The van der Waals surface area contributed by atoms with Crippen molar-refractivity contribution < 1.29 is 14.0 Å². The SMILES string of the molecule is CC(C)c1ccc(NC(=O)C2CCN(C(=O)c3ccccc3F)CC2)cc1. The van der Waals surface area contributed by atoms with Crippen LogP contribution in [0.1, 0.15) is 48.5 Å². The molecule has 1 saturated heterocycles. The van der Waals surface area contributed by atoms with Gasteiger partial charge in [-0.15, -0.1) is 0 Å². The number of hydrogen-bond donors (Lipinski definition) is 1. The number of anilines is 1. The molecule has 2 aromatic carbocycles. The molecule has 4 nitrogen and oxygen atoms in total. The summed E-state index contributed by atoms with van der Waals surface area (Å²) in [4.78, 5) is 26.6. The van der Waals surface area contributed by atoms with E-state index in [2.05, 4.69) is 19.2 Å². The Balaban J connectivity index is 1.55. The van der Waals surface area contributed by atoms with Gasteiger partial charge in [-0.3, -0.25) is 9.59 Å². The summed E-state index contributed by atoms with van der Waals surface area (Å²) in [5, 5.41) is 2.96. The number of nitrogens with zero attached hydrogens (tertiary/aromatic N) is 1. The van der Waals surface area contributed by atoms with Crippen molar-refractivity contribution in [2.75, 3.05) is 18.4 Å². The Morgan fingerprint density at radius 2 is 1.67 bits per heavy atom. The van der Waals surface area contributed by atoms with Crippen molar-refractivity contribution in [2.45, 2.75) is 32.6 Å². The van der Waals surface area contributed by atoms with E-state index >= 15 is 0 Å². The number of rotatable bonds is 4. The number of carbonyl (C=O) groups excluding carboxylic acids is 2. The van der Waals surface area contributed by atoms with E-state index in [1.54, 1.807) is 17.0 Å². The van der Waals surface area contributed by atoms with Crippen molar-refractivity contribution >= 4 is 17.5 Å². The molecule has 5 heteroatoms. The molecule has 142 valence electrons. The molecule has 0 atom stereocenters. The summed E-state index contributed by atoms with van der Waals surface area (Å²) in [6, 6.07) is 13.9. The van der Waals surface area contributed by atoms with Crippen molar-refractivity contribution in [3.8, 4) is 0 Å². The van der Waals surface area contributed by atoms with E-state index in [1.807, 2.05) is 24.3 Å². The molecule has 1 aliphatic heterocycles. The van der Waals surface area contributed by atoms with Crippen LogP contribution in [0, 0.1) is 11.7 Å². The topological polar surface area (TPSA) is 49.4 Å². The number of piperidine rings is 1. The van der Waals surface area contributed by atoms with Gasteiger partial charge in [0.25, 0.3) is 5.91 Å². The van der Waals surface area contributed by atoms with Gasteiger partial charge in [-0.1, -0.05) is 38.1 Å². The number of amides is 2. The summed E-state index contributed by atoms with van der Waals surface area (Å²) >= 11 is 0. The molecule has 1 N–H and O–H groups in total. The van der Waals surface area contributed by atoms with Crippen LogP contribution in [-0.2, 0) is 4.79 Å². The van der Waals surface area contributed by atoms with E-state index < -0.39 is 5.82 Å². The summed E-state index contributed by atoms with van der Waals surface area (Å²) in [6.45, 7) is 5.17. The van der Waals surface area contributed by atoms with E-state index in [4.69, 9.17) is 0 Å². The number of likely N-dealkylation sites (tertiary alicyclic amines) is 1. The Bertz CT molecular complexity index is 809. The first-order valence-electron chi connectivity index (χ1n) is 9.40. The van der Waals surface area contributed by atoms with Crippen molar-refractivity contribution in [2.24, 2.45) is 5.92 Å². The zero-order valence-corrected chi connectivity index (χ0v) is 15.7. The minimum atomic E-state index is -0.507. The first-order chi connectivity index (χ1) is 13.0. The molecule has 3 rings (SSSR count). The Labute approximate surface area is 159 Å². The maximum atomic E-state index is 13.8.